The second-order valence-electron chi connectivity index (χ2n) is 3.65. The lowest BCUT2D eigenvalue weighted by Gasteiger charge is -2.07. The topological polar surface area (TPSA) is 97.6 Å². The summed E-state index contributed by atoms with van der Waals surface area (Å²) in [6.45, 7) is 0. The van der Waals surface area contributed by atoms with Crippen molar-refractivity contribution in [1.29, 1.82) is 0 Å². The third kappa shape index (κ3) is 2.44. The molecule has 0 saturated heterocycles. The number of hydrogen-bond donors (Lipinski definition) is 3. The standard InChI is InChI=1S/C11H12N2O4/c12-9(11(14)16-17-15)5-7-6-13-10-4-2-1-3-8(7)10/h1-4,6,9,13,15H,5,12H2. The van der Waals surface area contributed by atoms with E-state index in [2.05, 4.69) is 14.9 Å². The van der Waals surface area contributed by atoms with Crippen LogP contribution in [-0.4, -0.2) is 22.3 Å². The van der Waals surface area contributed by atoms with E-state index < -0.39 is 12.0 Å². The zero-order chi connectivity index (χ0) is 12.3. The van der Waals surface area contributed by atoms with Gasteiger partial charge in [0, 0.05) is 23.5 Å². The number of fused-ring (bicyclic) bond motifs is 1. The molecule has 1 aromatic carbocycles. The van der Waals surface area contributed by atoms with E-state index in [0.29, 0.717) is 6.42 Å². The summed E-state index contributed by atoms with van der Waals surface area (Å²) < 4.78 is 0. The maximum absolute atomic E-state index is 11.2. The number of aromatic nitrogens is 1. The van der Waals surface area contributed by atoms with Crippen LogP contribution in [-0.2, 0) is 21.1 Å². The minimum absolute atomic E-state index is 0.298. The van der Waals surface area contributed by atoms with E-state index in [-0.39, 0.29) is 0 Å². The van der Waals surface area contributed by atoms with Crippen molar-refractivity contribution in [1.82, 2.24) is 4.98 Å². The van der Waals surface area contributed by atoms with Gasteiger partial charge < -0.3 is 10.7 Å². The molecule has 0 radical (unpaired) electrons. The fourth-order valence-corrected chi connectivity index (χ4v) is 1.72. The van der Waals surface area contributed by atoms with Gasteiger partial charge in [0.25, 0.3) is 0 Å². The van der Waals surface area contributed by atoms with E-state index in [1.165, 1.54) is 0 Å². The maximum Gasteiger partial charge on any atom is 0.362 e. The van der Waals surface area contributed by atoms with Crippen molar-refractivity contribution in [2.24, 2.45) is 5.73 Å². The highest BCUT2D eigenvalue weighted by atomic mass is 17.5. The second-order valence-corrected chi connectivity index (χ2v) is 3.65. The molecule has 0 fully saturated rings. The molecule has 0 amide bonds. The summed E-state index contributed by atoms with van der Waals surface area (Å²) in [6.07, 6.45) is 2.09. The van der Waals surface area contributed by atoms with Gasteiger partial charge in [-0.05, 0) is 16.7 Å². The highest BCUT2D eigenvalue weighted by Crippen LogP contribution is 2.18. The summed E-state index contributed by atoms with van der Waals surface area (Å²) in [6, 6.07) is 6.79. The Morgan fingerprint density at radius 1 is 1.47 bits per heavy atom. The van der Waals surface area contributed by atoms with E-state index in [1.807, 2.05) is 24.3 Å². The molecule has 6 nitrogen and oxygen atoms in total. The molecule has 6 heteroatoms. The van der Waals surface area contributed by atoms with Gasteiger partial charge in [-0.3, -0.25) is 4.89 Å². The molecule has 1 aromatic heterocycles. The monoisotopic (exact) mass is 236 g/mol. The van der Waals surface area contributed by atoms with Crippen LogP contribution in [0.25, 0.3) is 10.9 Å². The van der Waals surface area contributed by atoms with Crippen LogP contribution in [0.5, 0.6) is 0 Å². The highest BCUT2D eigenvalue weighted by molar-refractivity contribution is 5.84. The fraction of sp³-hybridized carbons (Fsp3) is 0.182. The summed E-state index contributed by atoms with van der Waals surface area (Å²) in [5.74, 6) is -0.821. The molecule has 0 aliphatic rings. The van der Waals surface area contributed by atoms with Gasteiger partial charge in [0.1, 0.15) is 6.04 Å². The number of para-hydroxylation sites is 1. The zero-order valence-electron chi connectivity index (χ0n) is 8.92. The highest BCUT2D eigenvalue weighted by Gasteiger charge is 2.18. The fourth-order valence-electron chi connectivity index (χ4n) is 1.72. The van der Waals surface area contributed by atoms with E-state index in [4.69, 9.17) is 11.0 Å². The number of carbonyl (C=O) groups excluding carboxylic acids is 1. The number of H-pyrrole nitrogens is 1. The van der Waals surface area contributed by atoms with Crippen molar-refractivity contribution in [3.05, 3.63) is 36.0 Å². The smallest absolute Gasteiger partial charge is 0.361 e. The maximum atomic E-state index is 11.2. The first-order valence-electron chi connectivity index (χ1n) is 5.05. The SMILES string of the molecule is NC(Cc1c[nH]c2ccccc12)C(=O)OOO. The van der Waals surface area contributed by atoms with E-state index >= 15 is 0 Å². The van der Waals surface area contributed by atoms with Crippen molar-refractivity contribution in [2.45, 2.75) is 12.5 Å². The molecule has 0 aliphatic carbocycles. The summed E-state index contributed by atoms with van der Waals surface area (Å²) in [5.41, 5.74) is 7.49. The Bertz CT molecular complexity index is 523. The molecule has 2 rings (SSSR count). The molecule has 0 saturated carbocycles. The summed E-state index contributed by atoms with van der Waals surface area (Å²) in [4.78, 5) is 18.2. The Morgan fingerprint density at radius 3 is 3.00 bits per heavy atom. The number of rotatable bonds is 4. The van der Waals surface area contributed by atoms with Gasteiger partial charge in [0.15, 0.2) is 0 Å². The molecule has 0 spiro atoms. The van der Waals surface area contributed by atoms with Crippen LogP contribution in [0.2, 0.25) is 0 Å². The number of aromatic amines is 1. The largest absolute Gasteiger partial charge is 0.362 e. The molecule has 17 heavy (non-hydrogen) atoms. The number of nitrogens with two attached hydrogens (primary N) is 1. The molecule has 4 N–H and O–H groups in total. The Hall–Kier alpha value is -1.89. The number of carbonyl (C=O) groups is 1. The molecule has 2 aromatic rings. The molecule has 0 aliphatic heterocycles. The van der Waals surface area contributed by atoms with E-state index in [9.17, 15) is 4.79 Å². The lowest BCUT2D eigenvalue weighted by molar-refractivity contribution is -0.462. The van der Waals surface area contributed by atoms with Crippen LogP contribution in [0.1, 0.15) is 5.56 Å². The Morgan fingerprint density at radius 2 is 2.24 bits per heavy atom. The van der Waals surface area contributed by atoms with E-state index in [1.54, 1.807) is 6.20 Å². The van der Waals surface area contributed by atoms with Crippen LogP contribution < -0.4 is 5.73 Å². The van der Waals surface area contributed by atoms with Gasteiger partial charge in [-0.1, -0.05) is 18.2 Å². The lowest BCUT2D eigenvalue weighted by atomic mass is 10.1. The normalized spacial score (nSPS) is 12.6. The summed E-state index contributed by atoms with van der Waals surface area (Å²) in [7, 11) is 0. The first-order valence-corrected chi connectivity index (χ1v) is 5.05. The molecule has 1 heterocycles. The van der Waals surface area contributed by atoms with Gasteiger partial charge in [-0.15, -0.1) is 0 Å². The quantitative estimate of drug-likeness (QED) is 0.543. The third-order valence-electron chi connectivity index (χ3n) is 2.54. The minimum Gasteiger partial charge on any atom is -0.361 e. The first kappa shape index (κ1) is 11.6. The average Bonchev–Trinajstić information content (AvgIpc) is 2.73. The van der Waals surface area contributed by atoms with Gasteiger partial charge >= 0.3 is 5.97 Å². The zero-order valence-corrected chi connectivity index (χ0v) is 8.92. The summed E-state index contributed by atoms with van der Waals surface area (Å²) >= 11 is 0. The molecule has 0 bridgehead atoms. The number of hydrogen-bond acceptors (Lipinski definition) is 5. The molecule has 1 atom stereocenters. The van der Waals surface area contributed by atoms with Crippen molar-refractivity contribution < 1.29 is 20.0 Å². The van der Waals surface area contributed by atoms with Crippen LogP contribution in [0.3, 0.4) is 0 Å². The van der Waals surface area contributed by atoms with Crippen molar-refractivity contribution in [3.8, 4) is 0 Å². The van der Waals surface area contributed by atoms with Crippen LogP contribution in [0.4, 0.5) is 0 Å². The van der Waals surface area contributed by atoms with Gasteiger partial charge in [0.05, 0.1) is 0 Å². The lowest BCUT2D eigenvalue weighted by Crippen LogP contribution is -2.34. The molecule has 1 unspecified atom stereocenters. The average molecular weight is 236 g/mol. The molecular weight excluding hydrogens is 224 g/mol. The predicted molar refractivity (Wildman–Crippen MR) is 59.8 cm³/mol. The van der Waals surface area contributed by atoms with Crippen molar-refractivity contribution >= 4 is 16.9 Å². The molecular formula is C11H12N2O4. The van der Waals surface area contributed by atoms with Crippen LogP contribution >= 0.6 is 0 Å². The first-order chi connectivity index (χ1) is 8.22. The van der Waals surface area contributed by atoms with E-state index in [0.717, 1.165) is 16.5 Å². The molecule has 90 valence electrons. The van der Waals surface area contributed by atoms with Gasteiger partial charge in [-0.2, -0.15) is 0 Å². The van der Waals surface area contributed by atoms with Crippen LogP contribution in [0.15, 0.2) is 30.5 Å². The summed E-state index contributed by atoms with van der Waals surface area (Å²) in [5, 5.41) is 12.3. The third-order valence-corrected chi connectivity index (χ3v) is 2.54. The second kappa shape index (κ2) is 4.96. The van der Waals surface area contributed by atoms with Crippen molar-refractivity contribution in [2.75, 3.05) is 0 Å². The van der Waals surface area contributed by atoms with Crippen molar-refractivity contribution in [3.63, 3.8) is 0 Å². The minimum atomic E-state index is -0.888. The van der Waals surface area contributed by atoms with Crippen LogP contribution in [0, 0.1) is 0 Å². The number of benzene rings is 1. The predicted octanol–water partition coefficient (Wildman–Crippen LogP) is 0.986. The Kier molecular flexibility index (Phi) is 3.38. The number of nitrogens with one attached hydrogen (secondary N) is 1. The Balaban J connectivity index is 2.16. The van der Waals surface area contributed by atoms with Gasteiger partial charge in [0.2, 0.25) is 0 Å². The van der Waals surface area contributed by atoms with Gasteiger partial charge in [-0.25, -0.2) is 10.1 Å². The Labute approximate surface area is 96.8 Å².